The molecular weight excluding hydrogens is 562 g/mol. The van der Waals surface area contributed by atoms with Gasteiger partial charge in [0.2, 0.25) is 5.91 Å². The van der Waals surface area contributed by atoms with Crippen LogP contribution in [0.15, 0.2) is 48.6 Å². The zero-order valence-corrected chi connectivity index (χ0v) is 29.1. The first kappa shape index (κ1) is 43.3. The molecule has 0 aromatic rings. The Morgan fingerprint density at radius 1 is 0.533 bits per heavy atom. The van der Waals surface area contributed by atoms with Gasteiger partial charge in [-0.25, -0.2) is 0 Å². The fourth-order valence-corrected chi connectivity index (χ4v) is 5.19. The summed E-state index contributed by atoms with van der Waals surface area (Å²) in [7, 11) is 0. The Bertz CT molecular complexity index is 763. The molecule has 0 rings (SSSR count). The van der Waals surface area contributed by atoms with Crippen LogP contribution < -0.4 is 5.32 Å². The van der Waals surface area contributed by atoms with Crippen LogP contribution in [0.2, 0.25) is 0 Å². The average Bonchev–Trinajstić information content (AvgIpc) is 3.04. The number of allylic oxidation sites excluding steroid dienone is 8. The lowest BCUT2D eigenvalue weighted by molar-refractivity contribution is -0.132. The number of aliphatic hydroxyl groups is 4. The van der Waals surface area contributed by atoms with Crippen LogP contribution >= 0.6 is 0 Å². The summed E-state index contributed by atoms with van der Waals surface area (Å²) < 4.78 is 0. The van der Waals surface area contributed by atoms with E-state index in [0.717, 1.165) is 51.4 Å². The predicted molar refractivity (Wildman–Crippen MR) is 191 cm³/mol. The molecule has 0 saturated carbocycles. The van der Waals surface area contributed by atoms with Crippen molar-refractivity contribution < 1.29 is 25.2 Å². The van der Waals surface area contributed by atoms with Gasteiger partial charge in [0.25, 0.3) is 0 Å². The van der Waals surface area contributed by atoms with E-state index in [2.05, 4.69) is 67.8 Å². The van der Waals surface area contributed by atoms with Crippen molar-refractivity contribution in [3.63, 3.8) is 0 Å². The van der Waals surface area contributed by atoms with Gasteiger partial charge in [-0.2, -0.15) is 0 Å². The highest BCUT2D eigenvalue weighted by atomic mass is 16.3. The molecule has 0 aliphatic heterocycles. The minimum Gasteiger partial charge on any atom is -0.394 e. The number of carbonyl (C=O) groups is 1. The topological polar surface area (TPSA) is 110 Å². The highest BCUT2D eigenvalue weighted by molar-refractivity contribution is 5.80. The van der Waals surface area contributed by atoms with Crippen molar-refractivity contribution in [3.8, 4) is 0 Å². The molecule has 262 valence electrons. The molecule has 0 aromatic carbocycles. The van der Waals surface area contributed by atoms with Crippen LogP contribution in [0.1, 0.15) is 162 Å². The van der Waals surface area contributed by atoms with Crippen molar-refractivity contribution in [2.45, 2.75) is 186 Å². The number of hydrogen-bond acceptors (Lipinski definition) is 5. The molecule has 0 spiro atoms. The SMILES string of the molecule is CCCCCC/C=C/CC/C=C/CC/C=C/CCCC(O)C(O)C(CO)NC(=O)C(O)CCCC/C=C\CCCCCCCC. The van der Waals surface area contributed by atoms with Crippen LogP contribution in [0.5, 0.6) is 0 Å². The van der Waals surface area contributed by atoms with Crippen LogP contribution in [0.25, 0.3) is 0 Å². The molecule has 6 heteroatoms. The molecule has 6 nitrogen and oxygen atoms in total. The monoisotopic (exact) mass is 634 g/mol. The lowest BCUT2D eigenvalue weighted by Gasteiger charge is -2.27. The molecule has 0 saturated heterocycles. The minimum absolute atomic E-state index is 0.326. The molecule has 4 atom stereocenters. The first-order chi connectivity index (χ1) is 22.0. The van der Waals surface area contributed by atoms with Gasteiger partial charge in [0, 0.05) is 0 Å². The summed E-state index contributed by atoms with van der Waals surface area (Å²) in [5.41, 5.74) is 0. The number of nitrogens with one attached hydrogen (secondary N) is 1. The molecular formula is C39H71NO5. The van der Waals surface area contributed by atoms with E-state index in [1.54, 1.807) is 0 Å². The highest BCUT2D eigenvalue weighted by Gasteiger charge is 2.28. The summed E-state index contributed by atoms with van der Waals surface area (Å²) in [5.74, 6) is -0.620. The third kappa shape index (κ3) is 28.2. The maximum Gasteiger partial charge on any atom is 0.249 e. The molecule has 0 bridgehead atoms. The average molecular weight is 634 g/mol. The number of carbonyl (C=O) groups excluding carboxylic acids is 1. The summed E-state index contributed by atoms with van der Waals surface area (Å²) >= 11 is 0. The zero-order chi connectivity index (χ0) is 33.2. The van der Waals surface area contributed by atoms with Crippen molar-refractivity contribution in [1.29, 1.82) is 0 Å². The van der Waals surface area contributed by atoms with Crippen LogP contribution in [-0.4, -0.2) is 57.3 Å². The van der Waals surface area contributed by atoms with Gasteiger partial charge in [-0.1, -0.05) is 120 Å². The Labute approximate surface area is 277 Å². The van der Waals surface area contributed by atoms with Crippen LogP contribution in [0.4, 0.5) is 0 Å². The Balaban J connectivity index is 3.96. The number of unbranched alkanes of at least 4 members (excludes halogenated alkanes) is 15. The number of aliphatic hydroxyl groups excluding tert-OH is 4. The minimum atomic E-state index is -1.30. The molecule has 0 aromatic heterocycles. The van der Waals surface area contributed by atoms with Crippen LogP contribution in [0.3, 0.4) is 0 Å². The second-order valence-electron chi connectivity index (χ2n) is 12.5. The van der Waals surface area contributed by atoms with Crippen LogP contribution in [0, 0.1) is 0 Å². The molecule has 1 amide bonds. The van der Waals surface area contributed by atoms with Crippen molar-refractivity contribution in [2.24, 2.45) is 0 Å². The van der Waals surface area contributed by atoms with E-state index < -0.39 is 36.9 Å². The van der Waals surface area contributed by atoms with Gasteiger partial charge >= 0.3 is 0 Å². The first-order valence-electron chi connectivity index (χ1n) is 18.5. The van der Waals surface area contributed by atoms with Crippen LogP contribution in [-0.2, 0) is 4.79 Å². The Morgan fingerprint density at radius 2 is 0.933 bits per heavy atom. The van der Waals surface area contributed by atoms with Gasteiger partial charge in [-0.3, -0.25) is 4.79 Å². The molecule has 4 unspecified atom stereocenters. The standard InChI is InChI=1S/C39H71NO5/c1-3-5-7-9-11-13-15-17-18-19-20-21-23-24-26-28-30-32-36(42)38(44)35(34-41)40-39(45)37(43)33-31-29-27-25-22-16-14-12-10-8-6-4-2/h13,15,19-20,22,24-26,35-38,41-44H,3-12,14,16-18,21,23,27-34H2,1-2H3,(H,40,45)/b15-13+,20-19+,25-22-,26-24+. The van der Waals surface area contributed by atoms with Gasteiger partial charge in [0.05, 0.1) is 18.8 Å². The van der Waals surface area contributed by atoms with Gasteiger partial charge in [-0.05, 0) is 89.9 Å². The smallest absolute Gasteiger partial charge is 0.249 e. The molecule has 0 aliphatic rings. The van der Waals surface area contributed by atoms with E-state index in [4.69, 9.17) is 0 Å². The molecule has 0 radical (unpaired) electrons. The van der Waals surface area contributed by atoms with E-state index in [9.17, 15) is 25.2 Å². The molecule has 0 heterocycles. The Morgan fingerprint density at radius 3 is 1.42 bits per heavy atom. The first-order valence-corrected chi connectivity index (χ1v) is 18.5. The molecule has 0 fully saturated rings. The molecule has 0 aliphatic carbocycles. The third-order valence-corrected chi connectivity index (χ3v) is 8.22. The van der Waals surface area contributed by atoms with E-state index >= 15 is 0 Å². The predicted octanol–water partition coefficient (Wildman–Crippen LogP) is 8.78. The van der Waals surface area contributed by atoms with E-state index in [-0.39, 0.29) is 0 Å². The zero-order valence-electron chi connectivity index (χ0n) is 29.1. The third-order valence-electron chi connectivity index (χ3n) is 8.22. The second-order valence-corrected chi connectivity index (χ2v) is 12.5. The van der Waals surface area contributed by atoms with Gasteiger partial charge in [0.1, 0.15) is 12.2 Å². The lowest BCUT2D eigenvalue weighted by Crippen LogP contribution is -2.53. The van der Waals surface area contributed by atoms with E-state index in [0.29, 0.717) is 25.7 Å². The fraction of sp³-hybridized carbons (Fsp3) is 0.769. The summed E-state index contributed by atoms with van der Waals surface area (Å²) in [6.07, 6.45) is 38.4. The highest BCUT2D eigenvalue weighted by Crippen LogP contribution is 2.12. The van der Waals surface area contributed by atoms with E-state index in [1.165, 1.54) is 70.6 Å². The van der Waals surface area contributed by atoms with Crippen molar-refractivity contribution >= 4 is 5.91 Å². The summed E-state index contributed by atoms with van der Waals surface area (Å²) in [5, 5.41) is 43.3. The lowest BCUT2D eigenvalue weighted by atomic mass is 10.00. The van der Waals surface area contributed by atoms with Gasteiger partial charge in [0.15, 0.2) is 0 Å². The number of amides is 1. The summed E-state index contributed by atoms with van der Waals surface area (Å²) in [6, 6.07) is -1.02. The largest absolute Gasteiger partial charge is 0.394 e. The van der Waals surface area contributed by atoms with Gasteiger partial charge < -0.3 is 25.7 Å². The summed E-state index contributed by atoms with van der Waals surface area (Å²) in [6.45, 7) is 3.96. The van der Waals surface area contributed by atoms with Crippen molar-refractivity contribution in [3.05, 3.63) is 48.6 Å². The Hall–Kier alpha value is -1.73. The number of rotatable bonds is 32. The maximum absolute atomic E-state index is 12.4. The van der Waals surface area contributed by atoms with Crippen molar-refractivity contribution in [2.75, 3.05) is 6.61 Å². The molecule has 5 N–H and O–H groups in total. The second kappa shape index (κ2) is 33.6. The number of hydrogen-bond donors (Lipinski definition) is 5. The fourth-order valence-electron chi connectivity index (χ4n) is 5.19. The normalized spacial score (nSPS) is 15.1. The summed E-state index contributed by atoms with van der Waals surface area (Å²) in [4.78, 5) is 12.4. The maximum atomic E-state index is 12.4. The van der Waals surface area contributed by atoms with Gasteiger partial charge in [-0.15, -0.1) is 0 Å². The van der Waals surface area contributed by atoms with Crippen molar-refractivity contribution in [1.82, 2.24) is 5.32 Å². The Kier molecular flexibility index (Phi) is 32.3. The molecule has 45 heavy (non-hydrogen) atoms. The van der Waals surface area contributed by atoms with E-state index in [1.807, 2.05) is 0 Å². The quantitative estimate of drug-likeness (QED) is 0.0376.